The van der Waals surface area contributed by atoms with Gasteiger partial charge in [-0.2, -0.15) is 0 Å². The van der Waals surface area contributed by atoms with E-state index in [0.717, 1.165) is 30.5 Å². The van der Waals surface area contributed by atoms with E-state index in [4.69, 9.17) is 9.84 Å². The zero-order valence-corrected chi connectivity index (χ0v) is 17.4. The van der Waals surface area contributed by atoms with Crippen LogP contribution in [0.1, 0.15) is 50.6 Å². The SMILES string of the molecule is COc1ccc(-c2ccc3n2C2(CCCCC2)C(=O)C(C(=O)CCC(=O)O)=C3O)cc1. The van der Waals surface area contributed by atoms with Gasteiger partial charge in [0, 0.05) is 12.1 Å². The monoisotopic (exact) mass is 423 g/mol. The van der Waals surface area contributed by atoms with Gasteiger partial charge in [0.2, 0.25) is 0 Å². The summed E-state index contributed by atoms with van der Waals surface area (Å²) >= 11 is 0. The Morgan fingerprint density at radius 1 is 1.00 bits per heavy atom. The molecule has 2 aliphatic rings. The third-order valence-corrected chi connectivity index (χ3v) is 6.35. The van der Waals surface area contributed by atoms with Crippen LogP contribution in [0.25, 0.3) is 17.0 Å². The van der Waals surface area contributed by atoms with Gasteiger partial charge in [-0.25, -0.2) is 0 Å². The molecule has 4 rings (SSSR count). The number of Topliss-reactive ketones (excluding diaryl/α,β-unsaturated/α-hetero) is 2. The van der Waals surface area contributed by atoms with Crippen molar-refractivity contribution >= 4 is 23.3 Å². The quantitative estimate of drug-likeness (QED) is 0.678. The number of carboxylic acids is 1. The summed E-state index contributed by atoms with van der Waals surface area (Å²) in [6.45, 7) is 0. The summed E-state index contributed by atoms with van der Waals surface area (Å²) in [5, 5.41) is 19.9. The normalized spacial score (nSPS) is 17.5. The van der Waals surface area contributed by atoms with Crippen molar-refractivity contribution in [2.75, 3.05) is 7.11 Å². The maximum Gasteiger partial charge on any atom is 0.303 e. The van der Waals surface area contributed by atoms with Gasteiger partial charge in [0.05, 0.1) is 19.2 Å². The number of aliphatic hydroxyl groups excluding tert-OH is 1. The van der Waals surface area contributed by atoms with Crippen molar-refractivity contribution in [2.24, 2.45) is 0 Å². The molecule has 2 aromatic rings. The summed E-state index contributed by atoms with van der Waals surface area (Å²) in [7, 11) is 1.59. The number of allylic oxidation sites excluding steroid dienone is 1. The highest BCUT2D eigenvalue weighted by Crippen LogP contribution is 2.47. The third kappa shape index (κ3) is 3.44. The van der Waals surface area contributed by atoms with E-state index >= 15 is 0 Å². The second-order valence-electron chi connectivity index (χ2n) is 8.13. The summed E-state index contributed by atoms with van der Waals surface area (Å²) in [5.41, 5.74) is 0.878. The molecule has 0 bridgehead atoms. The molecular formula is C24H25NO6. The molecule has 0 amide bonds. The maximum atomic E-state index is 13.7. The second kappa shape index (κ2) is 8.06. The summed E-state index contributed by atoms with van der Waals surface area (Å²) in [6, 6.07) is 11.0. The Morgan fingerprint density at radius 3 is 2.26 bits per heavy atom. The van der Waals surface area contributed by atoms with E-state index in [1.807, 2.05) is 34.9 Å². The van der Waals surface area contributed by atoms with Crippen molar-refractivity contribution in [2.45, 2.75) is 50.5 Å². The Hall–Kier alpha value is -3.35. The molecule has 1 aliphatic heterocycles. The van der Waals surface area contributed by atoms with Crippen molar-refractivity contribution in [3.63, 3.8) is 0 Å². The van der Waals surface area contributed by atoms with Gasteiger partial charge >= 0.3 is 5.97 Å². The van der Waals surface area contributed by atoms with Crippen molar-refractivity contribution < 1.29 is 29.3 Å². The number of methoxy groups -OCH3 is 1. The summed E-state index contributed by atoms with van der Waals surface area (Å²) in [5.74, 6) is -1.79. The van der Waals surface area contributed by atoms with Crippen LogP contribution in [0.2, 0.25) is 0 Å². The molecule has 2 N–H and O–H groups in total. The van der Waals surface area contributed by atoms with Crippen LogP contribution >= 0.6 is 0 Å². The Balaban J connectivity index is 1.87. The highest BCUT2D eigenvalue weighted by molar-refractivity contribution is 6.27. The van der Waals surface area contributed by atoms with Gasteiger partial charge in [-0.05, 0) is 54.8 Å². The lowest BCUT2D eigenvalue weighted by Gasteiger charge is -2.42. The minimum Gasteiger partial charge on any atom is -0.505 e. The molecule has 1 aromatic carbocycles. The fraction of sp³-hybridized carbons (Fsp3) is 0.375. The predicted octanol–water partition coefficient (Wildman–Crippen LogP) is 4.11. The fourth-order valence-electron chi connectivity index (χ4n) is 4.83. The molecule has 7 nitrogen and oxygen atoms in total. The number of ether oxygens (including phenoxy) is 1. The predicted molar refractivity (Wildman–Crippen MR) is 114 cm³/mol. The Kier molecular flexibility index (Phi) is 5.43. The van der Waals surface area contributed by atoms with Gasteiger partial charge in [-0.1, -0.05) is 19.3 Å². The van der Waals surface area contributed by atoms with Gasteiger partial charge < -0.3 is 19.5 Å². The van der Waals surface area contributed by atoms with Crippen molar-refractivity contribution in [1.82, 2.24) is 4.57 Å². The van der Waals surface area contributed by atoms with Crippen LogP contribution in [0.5, 0.6) is 5.75 Å². The Bertz CT molecular complexity index is 1070. The van der Waals surface area contributed by atoms with Crippen molar-refractivity contribution in [3.8, 4) is 17.0 Å². The van der Waals surface area contributed by atoms with E-state index in [1.165, 1.54) is 0 Å². The fourth-order valence-corrected chi connectivity index (χ4v) is 4.83. The largest absolute Gasteiger partial charge is 0.505 e. The molecule has 2 heterocycles. The Morgan fingerprint density at radius 2 is 1.65 bits per heavy atom. The zero-order chi connectivity index (χ0) is 22.2. The summed E-state index contributed by atoms with van der Waals surface area (Å²) < 4.78 is 7.12. The lowest BCUT2D eigenvalue weighted by Crippen LogP contribution is -2.49. The number of rotatable bonds is 6. The number of aromatic nitrogens is 1. The second-order valence-corrected chi connectivity index (χ2v) is 8.13. The molecule has 0 atom stereocenters. The third-order valence-electron chi connectivity index (χ3n) is 6.35. The lowest BCUT2D eigenvalue weighted by atomic mass is 9.72. The molecule has 1 spiro atoms. The van der Waals surface area contributed by atoms with Gasteiger partial charge in [0.1, 0.15) is 16.9 Å². The Labute approximate surface area is 180 Å². The first-order valence-corrected chi connectivity index (χ1v) is 10.5. The van der Waals surface area contributed by atoms with Gasteiger partial charge in [0.25, 0.3) is 0 Å². The highest BCUT2D eigenvalue weighted by Gasteiger charge is 2.50. The van der Waals surface area contributed by atoms with Crippen LogP contribution in [-0.4, -0.2) is 39.4 Å². The molecule has 1 aromatic heterocycles. The first-order valence-electron chi connectivity index (χ1n) is 10.5. The molecule has 0 unspecified atom stereocenters. The van der Waals surface area contributed by atoms with Crippen LogP contribution in [0.4, 0.5) is 0 Å². The first-order chi connectivity index (χ1) is 14.9. The van der Waals surface area contributed by atoms with Crippen LogP contribution in [0.15, 0.2) is 42.0 Å². The van der Waals surface area contributed by atoms with Crippen LogP contribution in [0.3, 0.4) is 0 Å². The van der Waals surface area contributed by atoms with Gasteiger partial charge in [-0.3, -0.25) is 14.4 Å². The molecule has 1 fully saturated rings. The molecule has 162 valence electrons. The number of carbonyl (C=O) groups excluding carboxylic acids is 2. The molecule has 31 heavy (non-hydrogen) atoms. The average molecular weight is 423 g/mol. The molecule has 0 saturated heterocycles. The topological polar surface area (TPSA) is 106 Å². The van der Waals surface area contributed by atoms with E-state index in [2.05, 4.69) is 0 Å². The van der Waals surface area contributed by atoms with Crippen molar-refractivity contribution in [1.29, 1.82) is 0 Å². The van der Waals surface area contributed by atoms with E-state index < -0.39 is 23.1 Å². The standard InChI is InChI=1S/C24H25NO6/c1-31-16-7-5-15(6-8-16)17-9-10-18-22(29)21(19(26)11-12-20(27)28)23(30)24(25(17)18)13-3-2-4-14-24/h5-10,29H,2-4,11-14H2,1H3,(H,27,28). The summed E-state index contributed by atoms with van der Waals surface area (Å²) in [6.07, 6.45) is 3.11. The van der Waals surface area contributed by atoms with E-state index in [9.17, 15) is 19.5 Å². The smallest absolute Gasteiger partial charge is 0.303 e. The lowest BCUT2D eigenvalue weighted by molar-refractivity contribution is -0.138. The highest BCUT2D eigenvalue weighted by atomic mass is 16.5. The minimum atomic E-state index is -1.12. The van der Waals surface area contributed by atoms with E-state index in [0.29, 0.717) is 24.3 Å². The number of aliphatic carboxylic acids is 1. The molecule has 1 saturated carbocycles. The van der Waals surface area contributed by atoms with E-state index in [1.54, 1.807) is 13.2 Å². The number of hydrogen-bond acceptors (Lipinski definition) is 5. The summed E-state index contributed by atoms with van der Waals surface area (Å²) in [4.78, 5) is 37.4. The molecule has 0 radical (unpaired) electrons. The van der Waals surface area contributed by atoms with Crippen LogP contribution < -0.4 is 4.74 Å². The number of carbonyl (C=O) groups is 3. The zero-order valence-electron chi connectivity index (χ0n) is 17.4. The van der Waals surface area contributed by atoms with Crippen LogP contribution in [0, 0.1) is 0 Å². The number of aliphatic hydroxyl groups is 1. The number of ketones is 2. The average Bonchev–Trinajstić information content (AvgIpc) is 3.23. The number of benzene rings is 1. The number of nitrogens with zero attached hydrogens (tertiary/aromatic N) is 1. The van der Waals surface area contributed by atoms with Gasteiger partial charge in [-0.15, -0.1) is 0 Å². The van der Waals surface area contributed by atoms with Gasteiger partial charge in [0.15, 0.2) is 17.3 Å². The molecular weight excluding hydrogens is 398 g/mol. The molecule has 7 heteroatoms. The van der Waals surface area contributed by atoms with Crippen molar-refractivity contribution in [3.05, 3.63) is 47.7 Å². The number of fused-ring (bicyclic) bond motifs is 2. The number of hydrogen-bond donors (Lipinski definition) is 2. The van der Waals surface area contributed by atoms with Crippen LogP contribution in [-0.2, 0) is 19.9 Å². The van der Waals surface area contributed by atoms with E-state index in [-0.39, 0.29) is 24.2 Å². The maximum absolute atomic E-state index is 13.7. The minimum absolute atomic E-state index is 0.255. The molecule has 1 aliphatic carbocycles. The number of carboxylic acid groups (broad SMARTS) is 1. The first kappa shape index (κ1) is 20.9.